The van der Waals surface area contributed by atoms with Crippen molar-refractivity contribution in [3.05, 3.63) is 64.7 Å². The number of hydrogen-bond acceptors (Lipinski definition) is 2. The van der Waals surface area contributed by atoms with Crippen molar-refractivity contribution in [3.63, 3.8) is 0 Å². The Hall–Kier alpha value is -2.13. The lowest BCUT2D eigenvalue weighted by atomic mass is 9.94. The minimum Gasteiger partial charge on any atom is -0.325 e. The molecule has 3 rings (SSSR count). The predicted molar refractivity (Wildman–Crippen MR) is 87.4 cm³/mol. The first-order valence-electron chi connectivity index (χ1n) is 7.20. The van der Waals surface area contributed by atoms with E-state index < -0.39 is 5.41 Å². The van der Waals surface area contributed by atoms with E-state index in [0.29, 0.717) is 16.3 Å². The van der Waals surface area contributed by atoms with Crippen molar-refractivity contribution in [2.45, 2.75) is 25.2 Å². The molecular formula is C18H16ClNO2. The van der Waals surface area contributed by atoms with Gasteiger partial charge >= 0.3 is 0 Å². The third-order valence-corrected chi connectivity index (χ3v) is 4.45. The van der Waals surface area contributed by atoms with Crippen molar-refractivity contribution >= 4 is 29.0 Å². The highest BCUT2D eigenvalue weighted by Gasteiger charge is 2.52. The van der Waals surface area contributed by atoms with Crippen LogP contribution in [0.25, 0.3) is 0 Å². The van der Waals surface area contributed by atoms with E-state index in [2.05, 4.69) is 5.32 Å². The average molecular weight is 314 g/mol. The Balaban J connectivity index is 1.80. The summed E-state index contributed by atoms with van der Waals surface area (Å²) >= 11 is 6.23. The Labute approximate surface area is 134 Å². The zero-order valence-corrected chi connectivity index (χ0v) is 13.0. The summed E-state index contributed by atoms with van der Waals surface area (Å²) in [5.74, 6) is -0.0382. The average Bonchev–Trinajstić information content (AvgIpc) is 3.30. The molecule has 1 aliphatic carbocycles. The van der Waals surface area contributed by atoms with Crippen LogP contribution < -0.4 is 5.32 Å². The normalized spacial score (nSPS) is 15.2. The molecule has 0 heterocycles. The number of carbonyl (C=O) groups is 2. The van der Waals surface area contributed by atoms with Crippen molar-refractivity contribution in [1.82, 2.24) is 0 Å². The molecule has 1 aliphatic rings. The van der Waals surface area contributed by atoms with Crippen molar-refractivity contribution in [1.29, 1.82) is 0 Å². The fourth-order valence-electron chi connectivity index (χ4n) is 2.63. The quantitative estimate of drug-likeness (QED) is 0.859. The number of hydrogen-bond donors (Lipinski definition) is 1. The van der Waals surface area contributed by atoms with E-state index in [-0.39, 0.29) is 11.7 Å². The first kappa shape index (κ1) is 14.8. The van der Waals surface area contributed by atoms with E-state index in [0.717, 1.165) is 18.4 Å². The molecular weight excluding hydrogens is 298 g/mol. The maximum atomic E-state index is 12.6. The van der Waals surface area contributed by atoms with E-state index in [9.17, 15) is 9.59 Å². The number of benzene rings is 2. The molecule has 0 spiro atoms. The second-order valence-corrected chi connectivity index (χ2v) is 6.06. The smallest absolute Gasteiger partial charge is 0.235 e. The minimum atomic E-state index is -0.516. The first-order valence-corrected chi connectivity index (χ1v) is 7.58. The van der Waals surface area contributed by atoms with E-state index in [4.69, 9.17) is 11.6 Å². The second kappa shape index (κ2) is 5.58. The Kier molecular flexibility index (Phi) is 3.75. The molecule has 1 N–H and O–H groups in total. The lowest BCUT2D eigenvalue weighted by Gasteiger charge is -2.17. The lowest BCUT2D eigenvalue weighted by Crippen LogP contribution is -2.28. The van der Waals surface area contributed by atoms with Crippen LogP contribution in [0.4, 0.5) is 5.69 Å². The molecule has 0 saturated heterocycles. The van der Waals surface area contributed by atoms with Crippen LogP contribution >= 0.6 is 11.6 Å². The van der Waals surface area contributed by atoms with Crippen LogP contribution in [-0.4, -0.2) is 11.7 Å². The fraction of sp³-hybridized carbons (Fsp3) is 0.222. The van der Waals surface area contributed by atoms with Crippen LogP contribution in [0, 0.1) is 0 Å². The predicted octanol–water partition coefficient (Wildman–Crippen LogP) is 4.21. The van der Waals surface area contributed by atoms with Gasteiger partial charge in [-0.1, -0.05) is 29.8 Å². The molecule has 0 atom stereocenters. The van der Waals surface area contributed by atoms with Gasteiger partial charge in [-0.15, -0.1) is 0 Å². The summed E-state index contributed by atoms with van der Waals surface area (Å²) < 4.78 is 0. The van der Waals surface area contributed by atoms with Crippen LogP contribution in [0.2, 0.25) is 5.02 Å². The Bertz CT molecular complexity index is 733. The third kappa shape index (κ3) is 2.64. The molecule has 3 nitrogen and oxygen atoms in total. The van der Waals surface area contributed by atoms with Crippen molar-refractivity contribution in [2.75, 3.05) is 5.32 Å². The van der Waals surface area contributed by atoms with Gasteiger partial charge in [0.15, 0.2) is 5.78 Å². The molecule has 2 aromatic carbocycles. The summed E-state index contributed by atoms with van der Waals surface area (Å²) in [5, 5.41) is 3.55. The Morgan fingerprint density at radius 3 is 2.23 bits per heavy atom. The third-order valence-electron chi connectivity index (χ3n) is 4.12. The monoisotopic (exact) mass is 313 g/mol. The largest absolute Gasteiger partial charge is 0.325 e. The van der Waals surface area contributed by atoms with Crippen LogP contribution in [0.5, 0.6) is 0 Å². The van der Waals surface area contributed by atoms with E-state index >= 15 is 0 Å². The summed E-state index contributed by atoms with van der Waals surface area (Å²) in [6, 6.07) is 14.4. The molecule has 0 aromatic heterocycles. The molecule has 22 heavy (non-hydrogen) atoms. The summed E-state index contributed by atoms with van der Waals surface area (Å²) in [4.78, 5) is 23.9. The fourth-order valence-corrected chi connectivity index (χ4v) is 2.95. The molecule has 1 saturated carbocycles. The first-order chi connectivity index (χ1) is 10.5. The van der Waals surface area contributed by atoms with Crippen molar-refractivity contribution < 1.29 is 9.59 Å². The highest BCUT2D eigenvalue weighted by Crippen LogP contribution is 2.51. The number of carbonyl (C=O) groups excluding carboxylic acids is 2. The second-order valence-electron chi connectivity index (χ2n) is 5.65. The number of halogens is 1. The van der Waals surface area contributed by atoms with Gasteiger partial charge in [-0.3, -0.25) is 9.59 Å². The standard InChI is InChI=1S/C18H16ClNO2/c1-12(21)13-6-8-14(9-7-13)20-17(22)18(10-11-18)15-4-2-3-5-16(15)19/h2-9H,10-11H2,1H3,(H,20,22). The number of anilines is 1. The summed E-state index contributed by atoms with van der Waals surface area (Å²) in [7, 11) is 0. The molecule has 1 fully saturated rings. The summed E-state index contributed by atoms with van der Waals surface area (Å²) in [5.41, 5.74) is 1.69. The van der Waals surface area contributed by atoms with E-state index in [1.54, 1.807) is 24.3 Å². The van der Waals surface area contributed by atoms with Gasteiger partial charge in [-0.2, -0.15) is 0 Å². The zero-order valence-electron chi connectivity index (χ0n) is 12.2. The van der Waals surface area contributed by atoms with E-state index in [1.165, 1.54) is 6.92 Å². The molecule has 0 radical (unpaired) electrons. The van der Waals surface area contributed by atoms with Gasteiger partial charge in [-0.05, 0) is 55.7 Å². The summed E-state index contributed by atoms with van der Waals surface area (Å²) in [6.07, 6.45) is 1.60. The SMILES string of the molecule is CC(=O)c1ccc(NC(=O)C2(c3ccccc3Cl)CC2)cc1. The van der Waals surface area contributed by atoms with Gasteiger partial charge in [0.1, 0.15) is 0 Å². The number of ketones is 1. The van der Waals surface area contributed by atoms with Gasteiger partial charge in [0.25, 0.3) is 0 Å². The zero-order chi connectivity index (χ0) is 15.7. The molecule has 1 amide bonds. The van der Waals surface area contributed by atoms with Gasteiger partial charge in [-0.25, -0.2) is 0 Å². The number of rotatable bonds is 4. The Morgan fingerprint density at radius 1 is 1.05 bits per heavy atom. The molecule has 0 unspecified atom stereocenters. The van der Waals surface area contributed by atoms with Crippen LogP contribution in [-0.2, 0) is 10.2 Å². The number of Topliss-reactive ketones (excluding diaryl/α,β-unsaturated/α-hetero) is 1. The number of amides is 1. The summed E-state index contributed by atoms with van der Waals surface area (Å²) in [6.45, 7) is 1.52. The highest BCUT2D eigenvalue weighted by molar-refractivity contribution is 6.32. The highest BCUT2D eigenvalue weighted by atomic mass is 35.5. The van der Waals surface area contributed by atoms with E-state index in [1.807, 2.05) is 24.3 Å². The van der Waals surface area contributed by atoms with Gasteiger partial charge in [0.2, 0.25) is 5.91 Å². The van der Waals surface area contributed by atoms with Crippen molar-refractivity contribution in [3.8, 4) is 0 Å². The lowest BCUT2D eigenvalue weighted by molar-refractivity contribution is -0.118. The Morgan fingerprint density at radius 2 is 1.68 bits per heavy atom. The molecule has 0 aliphatic heterocycles. The van der Waals surface area contributed by atoms with Gasteiger partial charge in [0.05, 0.1) is 5.41 Å². The number of nitrogens with one attached hydrogen (secondary N) is 1. The molecule has 2 aromatic rings. The van der Waals surface area contributed by atoms with Gasteiger partial charge < -0.3 is 5.32 Å². The minimum absolute atomic E-state index is 0.00704. The molecule has 0 bridgehead atoms. The molecule has 112 valence electrons. The maximum absolute atomic E-state index is 12.6. The molecule has 4 heteroatoms. The topological polar surface area (TPSA) is 46.2 Å². The van der Waals surface area contributed by atoms with Crippen LogP contribution in [0.3, 0.4) is 0 Å². The van der Waals surface area contributed by atoms with Crippen molar-refractivity contribution in [2.24, 2.45) is 0 Å². The van der Waals surface area contributed by atoms with Crippen LogP contribution in [0.15, 0.2) is 48.5 Å². The van der Waals surface area contributed by atoms with Gasteiger partial charge in [0, 0.05) is 16.3 Å². The maximum Gasteiger partial charge on any atom is 0.235 e. The van der Waals surface area contributed by atoms with Crippen LogP contribution in [0.1, 0.15) is 35.7 Å².